The number of nitrogens with zero attached hydrogens (tertiary/aromatic N) is 1. The lowest BCUT2D eigenvalue weighted by Crippen LogP contribution is -2.11. The molecular weight excluding hydrogens is 238 g/mol. The number of hydrogen-bond acceptors (Lipinski definition) is 3. The van der Waals surface area contributed by atoms with Gasteiger partial charge >= 0.3 is 0 Å². The molecule has 0 fully saturated rings. The van der Waals surface area contributed by atoms with E-state index >= 15 is 0 Å². The van der Waals surface area contributed by atoms with E-state index in [1.807, 2.05) is 25.3 Å². The van der Waals surface area contributed by atoms with Crippen LogP contribution in [0.3, 0.4) is 0 Å². The van der Waals surface area contributed by atoms with Gasteiger partial charge in [0.2, 0.25) is 5.91 Å². The molecule has 19 heavy (non-hydrogen) atoms. The van der Waals surface area contributed by atoms with Crippen molar-refractivity contribution in [1.82, 2.24) is 4.98 Å². The van der Waals surface area contributed by atoms with Gasteiger partial charge in [0, 0.05) is 30.2 Å². The third-order valence-corrected chi connectivity index (χ3v) is 3.13. The maximum absolute atomic E-state index is 11.1. The smallest absolute Gasteiger partial charge is 0.248 e. The van der Waals surface area contributed by atoms with E-state index in [9.17, 15) is 4.79 Å². The van der Waals surface area contributed by atoms with Crippen molar-refractivity contribution in [2.45, 2.75) is 20.4 Å². The van der Waals surface area contributed by atoms with Crippen molar-refractivity contribution in [2.24, 2.45) is 5.73 Å². The average Bonchev–Trinajstić information content (AvgIpc) is 2.39. The van der Waals surface area contributed by atoms with E-state index in [0.717, 1.165) is 16.8 Å². The van der Waals surface area contributed by atoms with E-state index in [-0.39, 0.29) is 0 Å². The fourth-order valence-corrected chi connectivity index (χ4v) is 1.89. The minimum absolute atomic E-state index is 0.405. The normalized spacial score (nSPS) is 10.2. The highest BCUT2D eigenvalue weighted by molar-refractivity contribution is 5.93. The van der Waals surface area contributed by atoms with Crippen LogP contribution in [0.25, 0.3) is 0 Å². The topological polar surface area (TPSA) is 68.0 Å². The van der Waals surface area contributed by atoms with Crippen LogP contribution >= 0.6 is 0 Å². The van der Waals surface area contributed by atoms with Crippen LogP contribution in [0.4, 0.5) is 5.69 Å². The summed E-state index contributed by atoms with van der Waals surface area (Å²) in [6.07, 6.45) is 3.64. The van der Waals surface area contributed by atoms with Gasteiger partial charge in [-0.15, -0.1) is 0 Å². The van der Waals surface area contributed by atoms with Crippen LogP contribution in [0.5, 0.6) is 0 Å². The summed E-state index contributed by atoms with van der Waals surface area (Å²) >= 11 is 0. The van der Waals surface area contributed by atoms with Gasteiger partial charge in [-0.25, -0.2) is 0 Å². The van der Waals surface area contributed by atoms with Crippen molar-refractivity contribution < 1.29 is 4.79 Å². The molecule has 0 saturated heterocycles. The van der Waals surface area contributed by atoms with Gasteiger partial charge in [-0.3, -0.25) is 9.78 Å². The molecule has 0 aliphatic rings. The predicted octanol–water partition coefficient (Wildman–Crippen LogP) is 2.41. The second-order valence-corrected chi connectivity index (χ2v) is 4.55. The van der Waals surface area contributed by atoms with E-state index in [1.165, 1.54) is 5.56 Å². The number of pyridine rings is 1. The Hall–Kier alpha value is -2.36. The fraction of sp³-hybridized carbons (Fsp3) is 0.200. The first kappa shape index (κ1) is 13.1. The van der Waals surface area contributed by atoms with Crippen LogP contribution in [-0.2, 0) is 6.54 Å². The lowest BCUT2D eigenvalue weighted by molar-refractivity contribution is 0.1000. The largest absolute Gasteiger partial charge is 0.381 e. The number of aromatic nitrogens is 1. The summed E-state index contributed by atoms with van der Waals surface area (Å²) in [5.74, 6) is -0.405. The third kappa shape index (κ3) is 3.10. The van der Waals surface area contributed by atoms with E-state index in [4.69, 9.17) is 5.73 Å². The lowest BCUT2D eigenvalue weighted by atomic mass is 10.1. The first-order valence-electron chi connectivity index (χ1n) is 6.12. The number of nitrogens with one attached hydrogen (secondary N) is 1. The maximum Gasteiger partial charge on any atom is 0.248 e. The summed E-state index contributed by atoms with van der Waals surface area (Å²) in [6, 6.07) is 7.38. The van der Waals surface area contributed by atoms with Crippen molar-refractivity contribution in [3.05, 3.63) is 58.9 Å². The molecule has 1 aromatic carbocycles. The molecule has 0 spiro atoms. The highest BCUT2D eigenvalue weighted by Crippen LogP contribution is 2.18. The number of amides is 1. The molecule has 1 amide bonds. The van der Waals surface area contributed by atoms with Crippen LogP contribution in [0.2, 0.25) is 0 Å². The number of carbonyl (C=O) groups is 1. The summed E-state index contributed by atoms with van der Waals surface area (Å²) in [6.45, 7) is 4.71. The Bertz CT molecular complexity index is 608. The molecular formula is C15H17N3O. The van der Waals surface area contributed by atoms with Gasteiger partial charge in [0.25, 0.3) is 0 Å². The molecule has 4 nitrogen and oxygen atoms in total. The molecule has 0 aliphatic carbocycles. The molecule has 0 bridgehead atoms. The number of benzene rings is 1. The fourth-order valence-electron chi connectivity index (χ4n) is 1.89. The minimum Gasteiger partial charge on any atom is -0.381 e. The predicted molar refractivity (Wildman–Crippen MR) is 76.0 cm³/mol. The zero-order valence-electron chi connectivity index (χ0n) is 11.1. The molecule has 2 aromatic rings. The summed E-state index contributed by atoms with van der Waals surface area (Å²) in [4.78, 5) is 15.2. The number of carbonyl (C=O) groups excluding carboxylic acids is 1. The Morgan fingerprint density at radius 3 is 2.68 bits per heavy atom. The second-order valence-electron chi connectivity index (χ2n) is 4.55. The monoisotopic (exact) mass is 255 g/mol. The quantitative estimate of drug-likeness (QED) is 0.881. The average molecular weight is 255 g/mol. The maximum atomic E-state index is 11.1. The lowest BCUT2D eigenvalue weighted by Gasteiger charge is -2.11. The summed E-state index contributed by atoms with van der Waals surface area (Å²) < 4.78 is 0. The molecule has 0 saturated carbocycles. The highest BCUT2D eigenvalue weighted by Gasteiger charge is 2.04. The van der Waals surface area contributed by atoms with Crippen molar-refractivity contribution in [3.63, 3.8) is 0 Å². The molecule has 1 heterocycles. The van der Waals surface area contributed by atoms with Crippen LogP contribution in [0.1, 0.15) is 27.0 Å². The number of hydrogen-bond donors (Lipinski definition) is 2. The minimum atomic E-state index is -0.405. The highest BCUT2D eigenvalue weighted by atomic mass is 16.1. The Kier molecular flexibility index (Phi) is 3.80. The first-order valence-corrected chi connectivity index (χ1v) is 6.12. The van der Waals surface area contributed by atoms with Crippen molar-refractivity contribution in [1.29, 1.82) is 0 Å². The van der Waals surface area contributed by atoms with Crippen LogP contribution in [0, 0.1) is 13.8 Å². The number of anilines is 1. The van der Waals surface area contributed by atoms with E-state index in [2.05, 4.69) is 17.2 Å². The SMILES string of the molecule is Cc1ccncc1CNc1ccc(C(N)=O)cc1C. The van der Waals surface area contributed by atoms with Crippen LogP contribution < -0.4 is 11.1 Å². The Balaban J connectivity index is 2.12. The molecule has 0 unspecified atom stereocenters. The van der Waals surface area contributed by atoms with Crippen molar-refractivity contribution in [3.8, 4) is 0 Å². The molecule has 2 rings (SSSR count). The molecule has 0 aliphatic heterocycles. The number of aryl methyl sites for hydroxylation is 2. The number of nitrogens with two attached hydrogens (primary N) is 1. The van der Waals surface area contributed by atoms with Crippen LogP contribution in [-0.4, -0.2) is 10.9 Å². The zero-order valence-corrected chi connectivity index (χ0v) is 11.1. The van der Waals surface area contributed by atoms with Gasteiger partial charge < -0.3 is 11.1 Å². The molecule has 0 atom stereocenters. The van der Waals surface area contributed by atoms with Gasteiger partial charge in [0.1, 0.15) is 0 Å². The summed E-state index contributed by atoms with van der Waals surface area (Å²) in [7, 11) is 0. The molecule has 3 N–H and O–H groups in total. The Labute approximate surface area is 112 Å². The Morgan fingerprint density at radius 2 is 2.05 bits per heavy atom. The standard InChI is InChI=1S/C15H17N3O/c1-10-5-6-17-8-13(10)9-18-14-4-3-12(15(16)19)7-11(14)2/h3-8,18H,9H2,1-2H3,(H2,16,19). The molecule has 98 valence electrons. The molecule has 0 radical (unpaired) electrons. The Morgan fingerprint density at radius 1 is 1.26 bits per heavy atom. The summed E-state index contributed by atoms with van der Waals surface area (Å²) in [5, 5.41) is 3.34. The van der Waals surface area contributed by atoms with Gasteiger partial charge in [-0.05, 0) is 54.8 Å². The van der Waals surface area contributed by atoms with Crippen LogP contribution in [0.15, 0.2) is 36.7 Å². The zero-order chi connectivity index (χ0) is 13.8. The third-order valence-electron chi connectivity index (χ3n) is 3.13. The first-order chi connectivity index (χ1) is 9.08. The second kappa shape index (κ2) is 5.52. The molecule has 1 aromatic heterocycles. The van der Waals surface area contributed by atoms with Gasteiger partial charge in [0.15, 0.2) is 0 Å². The van der Waals surface area contributed by atoms with E-state index < -0.39 is 5.91 Å². The molecule has 4 heteroatoms. The van der Waals surface area contributed by atoms with E-state index in [0.29, 0.717) is 12.1 Å². The van der Waals surface area contributed by atoms with Gasteiger partial charge in [-0.1, -0.05) is 0 Å². The number of rotatable bonds is 4. The van der Waals surface area contributed by atoms with Crippen molar-refractivity contribution >= 4 is 11.6 Å². The van der Waals surface area contributed by atoms with Gasteiger partial charge in [0.05, 0.1) is 0 Å². The van der Waals surface area contributed by atoms with Gasteiger partial charge in [-0.2, -0.15) is 0 Å². The van der Waals surface area contributed by atoms with Crippen molar-refractivity contribution in [2.75, 3.05) is 5.32 Å². The summed E-state index contributed by atoms with van der Waals surface area (Å²) in [5.41, 5.74) is 10.1. The number of primary amides is 1. The van der Waals surface area contributed by atoms with E-state index in [1.54, 1.807) is 18.3 Å².